The molecule has 0 unspecified atom stereocenters. The number of hydrogen-bond acceptors (Lipinski definition) is 4. The van der Waals surface area contributed by atoms with Crippen LogP contribution in [-0.4, -0.2) is 56.0 Å². The number of ether oxygens (including phenoxy) is 2. The van der Waals surface area contributed by atoms with Gasteiger partial charge in [0.25, 0.3) is 0 Å². The number of hydrogen-bond donors (Lipinski definition) is 2. The third-order valence-electron chi connectivity index (χ3n) is 4.69. The number of amides is 2. The van der Waals surface area contributed by atoms with Crippen molar-refractivity contribution >= 4 is 6.03 Å². The smallest absolute Gasteiger partial charge is 0.315 e. The summed E-state index contributed by atoms with van der Waals surface area (Å²) in [6.45, 7) is 7.70. The van der Waals surface area contributed by atoms with Crippen LogP contribution in [0.1, 0.15) is 30.9 Å². The summed E-state index contributed by atoms with van der Waals surface area (Å²) in [5.74, 6) is 0. The lowest BCUT2D eigenvalue weighted by Gasteiger charge is -2.31. The molecule has 25 heavy (non-hydrogen) atoms. The molecule has 0 saturated carbocycles. The Balaban J connectivity index is 1.42. The number of morpholine rings is 1. The van der Waals surface area contributed by atoms with E-state index < -0.39 is 0 Å². The van der Waals surface area contributed by atoms with Crippen LogP contribution < -0.4 is 10.6 Å². The normalized spacial score (nSPS) is 24.2. The van der Waals surface area contributed by atoms with Crippen LogP contribution >= 0.6 is 0 Å². The molecule has 6 heteroatoms. The summed E-state index contributed by atoms with van der Waals surface area (Å²) in [5.41, 5.74) is 2.39. The van der Waals surface area contributed by atoms with Crippen LogP contribution in [0.2, 0.25) is 0 Å². The Morgan fingerprint density at radius 2 is 2.12 bits per heavy atom. The molecule has 2 aliphatic heterocycles. The molecule has 0 spiro atoms. The van der Waals surface area contributed by atoms with Crippen LogP contribution in [0.4, 0.5) is 4.79 Å². The van der Waals surface area contributed by atoms with E-state index in [4.69, 9.17) is 9.47 Å². The molecular formula is C19H29N3O3. The summed E-state index contributed by atoms with van der Waals surface area (Å²) in [7, 11) is 0. The summed E-state index contributed by atoms with van der Waals surface area (Å²) in [6.07, 6.45) is 2.58. The standard InChI is InChI=1S/C19H29N3O3/c1-15-13-22(7-9-24-15)14-17-5-2-4-16(10-17)11-20-19(23)21-12-18-6-3-8-25-18/h2,4-5,10,15,18H,3,6-9,11-14H2,1H3,(H2,20,21,23)/t15-,18+/m0/s1. The highest BCUT2D eigenvalue weighted by Gasteiger charge is 2.17. The Kier molecular flexibility index (Phi) is 6.67. The van der Waals surface area contributed by atoms with Crippen molar-refractivity contribution in [3.05, 3.63) is 35.4 Å². The SMILES string of the molecule is C[C@H]1CN(Cc2cccc(CNC(=O)NC[C@H]3CCCO3)c2)CCO1. The van der Waals surface area contributed by atoms with Crippen LogP contribution in [0.5, 0.6) is 0 Å². The maximum atomic E-state index is 11.9. The van der Waals surface area contributed by atoms with Crippen molar-refractivity contribution in [2.75, 3.05) is 32.8 Å². The number of nitrogens with one attached hydrogen (secondary N) is 2. The van der Waals surface area contributed by atoms with Gasteiger partial charge in [-0.15, -0.1) is 0 Å². The Morgan fingerprint density at radius 1 is 1.24 bits per heavy atom. The lowest BCUT2D eigenvalue weighted by Crippen LogP contribution is -2.40. The summed E-state index contributed by atoms with van der Waals surface area (Å²) >= 11 is 0. The predicted molar refractivity (Wildman–Crippen MR) is 96.3 cm³/mol. The van der Waals surface area contributed by atoms with Gasteiger partial charge in [0.2, 0.25) is 0 Å². The van der Waals surface area contributed by atoms with Crippen molar-refractivity contribution in [2.24, 2.45) is 0 Å². The van der Waals surface area contributed by atoms with E-state index >= 15 is 0 Å². The fourth-order valence-corrected chi connectivity index (χ4v) is 3.39. The molecule has 2 aliphatic rings. The molecule has 3 rings (SSSR count). The molecule has 0 aliphatic carbocycles. The number of carbonyl (C=O) groups is 1. The highest BCUT2D eigenvalue weighted by molar-refractivity contribution is 5.73. The molecule has 2 atom stereocenters. The minimum Gasteiger partial charge on any atom is -0.376 e. The maximum Gasteiger partial charge on any atom is 0.315 e. The lowest BCUT2D eigenvalue weighted by molar-refractivity contribution is -0.0212. The minimum absolute atomic E-state index is 0.136. The third kappa shape index (κ3) is 5.99. The molecule has 1 aromatic rings. The monoisotopic (exact) mass is 347 g/mol. The van der Waals surface area contributed by atoms with Crippen LogP contribution in [-0.2, 0) is 22.6 Å². The number of urea groups is 1. The highest BCUT2D eigenvalue weighted by Crippen LogP contribution is 2.12. The van der Waals surface area contributed by atoms with Crippen LogP contribution in [0, 0.1) is 0 Å². The van der Waals surface area contributed by atoms with E-state index in [-0.39, 0.29) is 12.1 Å². The molecule has 6 nitrogen and oxygen atoms in total. The van der Waals surface area contributed by atoms with E-state index in [0.29, 0.717) is 19.2 Å². The molecule has 2 fully saturated rings. The van der Waals surface area contributed by atoms with Gasteiger partial charge in [-0.2, -0.15) is 0 Å². The van der Waals surface area contributed by atoms with Gasteiger partial charge in [-0.1, -0.05) is 24.3 Å². The zero-order chi connectivity index (χ0) is 17.5. The van der Waals surface area contributed by atoms with Gasteiger partial charge in [0.05, 0.1) is 18.8 Å². The van der Waals surface area contributed by atoms with Gasteiger partial charge < -0.3 is 20.1 Å². The average Bonchev–Trinajstić information content (AvgIpc) is 3.12. The van der Waals surface area contributed by atoms with Gasteiger partial charge in [-0.05, 0) is 30.9 Å². The van der Waals surface area contributed by atoms with Crippen LogP contribution in [0.3, 0.4) is 0 Å². The average molecular weight is 347 g/mol. The number of nitrogens with zero attached hydrogens (tertiary/aromatic N) is 1. The third-order valence-corrected chi connectivity index (χ3v) is 4.69. The van der Waals surface area contributed by atoms with Gasteiger partial charge in [-0.25, -0.2) is 4.79 Å². The van der Waals surface area contributed by atoms with Gasteiger partial charge in [0.15, 0.2) is 0 Å². The van der Waals surface area contributed by atoms with E-state index in [0.717, 1.165) is 51.3 Å². The van der Waals surface area contributed by atoms with Gasteiger partial charge in [-0.3, -0.25) is 4.90 Å². The van der Waals surface area contributed by atoms with E-state index in [1.807, 2.05) is 6.07 Å². The van der Waals surface area contributed by atoms with Gasteiger partial charge in [0.1, 0.15) is 0 Å². The fourth-order valence-electron chi connectivity index (χ4n) is 3.39. The van der Waals surface area contributed by atoms with E-state index in [1.54, 1.807) is 0 Å². The van der Waals surface area contributed by atoms with Crippen LogP contribution in [0.15, 0.2) is 24.3 Å². The summed E-state index contributed by atoms with van der Waals surface area (Å²) < 4.78 is 11.1. The number of benzene rings is 1. The van der Waals surface area contributed by atoms with Crippen LogP contribution in [0.25, 0.3) is 0 Å². The van der Waals surface area contributed by atoms with Gasteiger partial charge >= 0.3 is 6.03 Å². The molecule has 1 aromatic carbocycles. The van der Waals surface area contributed by atoms with Crippen molar-refractivity contribution < 1.29 is 14.3 Å². The van der Waals surface area contributed by atoms with Crippen molar-refractivity contribution in [3.63, 3.8) is 0 Å². The Bertz CT molecular complexity index is 561. The summed E-state index contributed by atoms with van der Waals surface area (Å²) in [5, 5.41) is 5.80. The van der Waals surface area contributed by atoms with Crippen molar-refractivity contribution in [2.45, 2.75) is 45.1 Å². The quantitative estimate of drug-likeness (QED) is 0.825. The predicted octanol–water partition coefficient (Wildman–Crippen LogP) is 1.89. The Hall–Kier alpha value is -1.63. The van der Waals surface area contributed by atoms with Crippen molar-refractivity contribution in [1.82, 2.24) is 15.5 Å². The zero-order valence-corrected chi connectivity index (χ0v) is 15.0. The van der Waals surface area contributed by atoms with E-state index in [1.165, 1.54) is 5.56 Å². The fraction of sp³-hybridized carbons (Fsp3) is 0.632. The zero-order valence-electron chi connectivity index (χ0n) is 15.0. The molecule has 2 N–H and O–H groups in total. The van der Waals surface area contributed by atoms with Crippen molar-refractivity contribution in [1.29, 1.82) is 0 Å². The Labute approximate surface area is 149 Å². The first-order chi connectivity index (χ1) is 12.2. The second-order valence-electron chi connectivity index (χ2n) is 6.94. The molecule has 0 radical (unpaired) electrons. The molecule has 0 bridgehead atoms. The van der Waals surface area contributed by atoms with E-state index in [9.17, 15) is 4.79 Å². The Morgan fingerprint density at radius 3 is 2.92 bits per heavy atom. The number of rotatable bonds is 6. The van der Waals surface area contributed by atoms with Crippen molar-refractivity contribution in [3.8, 4) is 0 Å². The lowest BCUT2D eigenvalue weighted by atomic mass is 10.1. The first-order valence-electron chi connectivity index (χ1n) is 9.24. The second-order valence-corrected chi connectivity index (χ2v) is 6.94. The maximum absolute atomic E-state index is 11.9. The van der Waals surface area contributed by atoms with E-state index in [2.05, 4.69) is 40.7 Å². The second kappa shape index (κ2) is 9.17. The molecule has 0 aromatic heterocycles. The first kappa shape index (κ1) is 18.2. The molecular weight excluding hydrogens is 318 g/mol. The van der Waals surface area contributed by atoms with Gasteiger partial charge in [0, 0.05) is 39.3 Å². The molecule has 2 saturated heterocycles. The molecule has 2 amide bonds. The largest absolute Gasteiger partial charge is 0.376 e. The summed E-state index contributed by atoms with van der Waals surface area (Å²) in [4.78, 5) is 14.3. The molecule has 2 heterocycles. The minimum atomic E-state index is -0.136. The molecule has 138 valence electrons. The number of carbonyl (C=O) groups excluding carboxylic acids is 1. The first-order valence-corrected chi connectivity index (χ1v) is 9.24. The summed E-state index contributed by atoms with van der Waals surface area (Å²) in [6, 6.07) is 8.27. The highest BCUT2D eigenvalue weighted by atomic mass is 16.5. The topological polar surface area (TPSA) is 62.8 Å².